The van der Waals surface area contributed by atoms with Gasteiger partial charge in [0.05, 0.1) is 4.90 Å². The second kappa shape index (κ2) is 5.27. The van der Waals surface area contributed by atoms with Crippen molar-refractivity contribution in [3.63, 3.8) is 0 Å². The van der Waals surface area contributed by atoms with E-state index in [-0.39, 0.29) is 0 Å². The Bertz CT molecular complexity index is 716. The second-order valence-corrected chi connectivity index (χ2v) is 7.73. The molecule has 0 atom stereocenters. The Hall–Kier alpha value is -1.24. The minimum absolute atomic E-state index is 0.366. The van der Waals surface area contributed by atoms with Gasteiger partial charge in [0.15, 0.2) is 0 Å². The Labute approximate surface area is 123 Å². The highest BCUT2D eigenvalue weighted by Gasteiger charge is 2.27. The van der Waals surface area contributed by atoms with Gasteiger partial charge in [0.2, 0.25) is 10.0 Å². The van der Waals surface area contributed by atoms with Crippen LogP contribution in [-0.4, -0.2) is 30.8 Å². The molecule has 0 radical (unpaired) electrons. The largest absolute Gasteiger partial charge is 0.243 e. The van der Waals surface area contributed by atoms with E-state index in [4.69, 9.17) is 0 Å². The summed E-state index contributed by atoms with van der Waals surface area (Å²) in [5, 5.41) is 2.83. The smallest absolute Gasteiger partial charge is 0.241 e. The van der Waals surface area contributed by atoms with Gasteiger partial charge in [-0.15, -0.1) is 11.3 Å². The second-order valence-electron chi connectivity index (χ2n) is 4.93. The van der Waals surface area contributed by atoms with Crippen molar-refractivity contribution >= 4 is 21.4 Å². The monoisotopic (exact) mass is 308 g/mol. The summed E-state index contributed by atoms with van der Waals surface area (Å²) in [6.45, 7) is 3.19. The molecule has 1 aliphatic heterocycles. The molecular weight excluding hydrogens is 292 g/mol. The van der Waals surface area contributed by atoms with E-state index in [1.54, 1.807) is 22.5 Å². The number of hydrogen-bond donors (Lipinski definition) is 0. The lowest BCUT2D eigenvalue weighted by Gasteiger charge is -2.15. The molecule has 0 unspecified atom stereocenters. The molecule has 1 aromatic carbocycles. The van der Waals surface area contributed by atoms with Gasteiger partial charge in [-0.05, 0) is 31.9 Å². The third-order valence-electron chi connectivity index (χ3n) is 3.40. The lowest BCUT2D eigenvalue weighted by Crippen LogP contribution is -2.27. The van der Waals surface area contributed by atoms with Crippen molar-refractivity contribution in [2.24, 2.45) is 0 Å². The van der Waals surface area contributed by atoms with Crippen molar-refractivity contribution in [1.82, 2.24) is 9.29 Å². The predicted molar refractivity (Wildman–Crippen MR) is 80.3 cm³/mol. The summed E-state index contributed by atoms with van der Waals surface area (Å²) in [6.07, 6.45) is 1.90. The van der Waals surface area contributed by atoms with E-state index >= 15 is 0 Å². The van der Waals surface area contributed by atoms with Crippen molar-refractivity contribution in [2.45, 2.75) is 24.7 Å². The first-order chi connectivity index (χ1) is 9.57. The Balaban J connectivity index is 1.99. The highest BCUT2D eigenvalue weighted by atomic mass is 32.2. The molecule has 0 bridgehead atoms. The average Bonchev–Trinajstić information content (AvgIpc) is 3.10. The van der Waals surface area contributed by atoms with E-state index in [2.05, 4.69) is 4.98 Å². The number of rotatable bonds is 3. The van der Waals surface area contributed by atoms with Crippen molar-refractivity contribution in [2.75, 3.05) is 13.1 Å². The highest BCUT2D eigenvalue weighted by molar-refractivity contribution is 7.89. The molecule has 0 N–H and O–H groups in total. The Morgan fingerprint density at radius 3 is 2.65 bits per heavy atom. The van der Waals surface area contributed by atoms with Crippen LogP contribution < -0.4 is 0 Å². The highest BCUT2D eigenvalue weighted by Crippen LogP contribution is 2.28. The van der Waals surface area contributed by atoms with E-state index in [0.29, 0.717) is 18.0 Å². The molecule has 1 aromatic heterocycles. The third-order valence-corrected chi connectivity index (χ3v) is 6.31. The first-order valence-corrected chi connectivity index (χ1v) is 8.92. The van der Waals surface area contributed by atoms with Gasteiger partial charge in [0.25, 0.3) is 0 Å². The summed E-state index contributed by atoms with van der Waals surface area (Å²) >= 11 is 1.53. The van der Waals surface area contributed by atoms with Crippen LogP contribution in [0.2, 0.25) is 0 Å². The van der Waals surface area contributed by atoms with E-state index < -0.39 is 10.0 Å². The fourth-order valence-electron chi connectivity index (χ4n) is 2.35. The van der Waals surface area contributed by atoms with E-state index in [9.17, 15) is 8.42 Å². The molecule has 2 aromatic rings. The van der Waals surface area contributed by atoms with Crippen molar-refractivity contribution < 1.29 is 8.42 Å². The molecule has 6 heteroatoms. The molecule has 1 aliphatic rings. The van der Waals surface area contributed by atoms with Gasteiger partial charge in [0, 0.05) is 29.7 Å². The number of sulfonamides is 1. The van der Waals surface area contributed by atoms with Crippen LogP contribution in [0.25, 0.3) is 10.6 Å². The maximum absolute atomic E-state index is 12.5. The van der Waals surface area contributed by atoms with Gasteiger partial charge in [-0.2, -0.15) is 4.31 Å². The molecule has 4 nitrogen and oxygen atoms in total. The van der Waals surface area contributed by atoms with Gasteiger partial charge in [-0.1, -0.05) is 12.1 Å². The first-order valence-electron chi connectivity index (χ1n) is 6.60. The van der Waals surface area contributed by atoms with E-state index in [1.165, 1.54) is 11.3 Å². The predicted octanol–water partition coefficient (Wildman–Crippen LogP) is 2.90. The van der Waals surface area contributed by atoms with Gasteiger partial charge in [-0.3, -0.25) is 0 Å². The fraction of sp³-hybridized carbons (Fsp3) is 0.357. The lowest BCUT2D eigenvalue weighted by molar-refractivity contribution is 0.477. The van der Waals surface area contributed by atoms with Gasteiger partial charge >= 0.3 is 0 Å². The molecule has 3 rings (SSSR count). The summed E-state index contributed by atoms with van der Waals surface area (Å²) in [6, 6.07) is 7.08. The van der Waals surface area contributed by atoms with Gasteiger partial charge in [0.1, 0.15) is 5.01 Å². The first kappa shape index (κ1) is 13.7. The Morgan fingerprint density at radius 2 is 2.00 bits per heavy atom. The number of benzene rings is 1. The Morgan fingerprint density at radius 1 is 1.25 bits per heavy atom. The number of nitrogens with zero attached hydrogens (tertiary/aromatic N) is 2. The zero-order valence-corrected chi connectivity index (χ0v) is 12.9. The average molecular weight is 308 g/mol. The van der Waals surface area contributed by atoms with Crippen LogP contribution in [0, 0.1) is 6.92 Å². The molecule has 0 spiro atoms. The van der Waals surface area contributed by atoms with Crippen LogP contribution in [0.15, 0.2) is 34.5 Å². The van der Waals surface area contributed by atoms with Crippen molar-refractivity contribution in [3.8, 4) is 10.6 Å². The third kappa shape index (κ3) is 2.51. The maximum atomic E-state index is 12.5. The molecule has 1 fully saturated rings. The molecule has 0 aliphatic carbocycles. The molecule has 0 amide bonds. The zero-order valence-electron chi connectivity index (χ0n) is 11.2. The normalized spacial score (nSPS) is 16.6. The Kier molecular flexibility index (Phi) is 3.62. The summed E-state index contributed by atoms with van der Waals surface area (Å²) < 4.78 is 26.6. The SMILES string of the molecule is Cc1csc(-c2cccc(S(=O)(=O)N3CCCC3)c2)n1. The minimum Gasteiger partial charge on any atom is -0.241 e. The molecule has 1 saturated heterocycles. The summed E-state index contributed by atoms with van der Waals surface area (Å²) in [5.74, 6) is 0. The van der Waals surface area contributed by atoms with Crippen LogP contribution in [0.3, 0.4) is 0 Å². The van der Waals surface area contributed by atoms with Gasteiger partial charge in [-0.25, -0.2) is 13.4 Å². The zero-order chi connectivity index (χ0) is 14.2. The number of hydrogen-bond acceptors (Lipinski definition) is 4. The van der Waals surface area contributed by atoms with Crippen LogP contribution in [0.4, 0.5) is 0 Å². The van der Waals surface area contributed by atoms with Crippen LogP contribution in [0.5, 0.6) is 0 Å². The fourth-order valence-corrected chi connectivity index (χ4v) is 4.71. The number of aromatic nitrogens is 1. The summed E-state index contributed by atoms with van der Waals surface area (Å²) in [5.41, 5.74) is 1.82. The van der Waals surface area contributed by atoms with Crippen LogP contribution in [-0.2, 0) is 10.0 Å². The molecule has 20 heavy (non-hydrogen) atoms. The molecule has 106 valence electrons. The summed E-state index contributed by atoms with van der Waals surface area (Å²) in [4.78, 5) is 4.78. The quantitative estimate of drug-likeness (QED) is 0.876. The van der Waals surface area contributed by atoms with Crippen LogP contribution >= 0.6 is 11.3 Å². The number of aryl methyl sites for hydroxylation is 1. The topological polar surface area (TPSA) is 50.3 Å². The maximum Gasteiger partial charge on any atom is 0.243 e. The minimum atomic E-state index is -3.35. The van der Waals surface area contributed by atoms with Crippen LogP contribution in [0.1, 0.15) is 18.5 Å². The van der Waals surface area contributed by atoms with E-state index in [1.807, 2.05) is 18.4 Å². The molecule has 0 saturated carbocycles. The molecular formula is C14H16N2O2S2. The van der Waals surface area contributed by atoms with E-state index in [0.717, 1.165) is 29.1 Å². The number of thiazole rings is 1. The van der Waals surface area contributed by atoms with Crippen molar-refractivity contribution in [1.29, 1.82) is 0 Å². The standard InChI is InChI=1S/C14H16N2O2S2/c1-11-10-19-14(15-11)12-5-4-6-13(9-12)20(17,18)16-7-2-3-8-16/h4-6,9-10H,2-3,7-8H2,1H3. The summed E-state index contributed by atoms with van der Waals surface area (Å²) in [7, 11) is -3.35. The molecule has 2 heterocycles. The van der Waals surface area contributed by atoms with Gasteiger partial charge < -0.3 is 0 Å². The van der Waals surface area contributed by atoms with Crippen molar-refractivity contribution in [3.05, 3.63) is 35.3 Å². The lowest BCUT2D eigenvalue weighted by atomic mass is 10.2.